The number of carbonyl (C=O) groups excluding carboxylic acids is 1. The lowest BCUT2D eigenvalue weighted by molar-refractivity contribution is -0.140. The van der Waals surface area contributed by atoms with Gasteiger partial charge in [-0.3, -0.25) is 4.79 Å². The predicted octanol–water partition coefficient (Wildman–Crippen LogP) is 1.66. The molecule has 0 radical (unpaired) electrons. The lowest BCUT2D eigenvalue weighted by Gasteiger charge is -2.21. The number of hydrogen-bond donors (Lipinski definition) is 1. The number of allylic oxidation sites excluding steroid dienone is 1. The topological polar surface area (TPSA) is 38.3 Å². The molecular formula is C13H19NO2. The molecule has 1 aliphatic carbocycles. The van der Waals surface area contributed by atoms with Crippen molar-refractivity contribution >= 4 is 5.97 Å². The molecule has 0 saturated carbocycles. The summed E-state index contributed by atoms with van der Waals surface area (Å²) >= 11 is 0. The fraction of sp³-hybridized carbons (Fsp3) is 0.615. The standard InChI is InChI=1S/C13H19NO2/c1-3-14-7-6-10-4-5-11-12(9(10)2)8-16-13(11)15/h4-5,11-12,14H,3,6-8H2,1-2H3. The molecule has 0 aromatic heterocycles. The summed E-state index contributed by atoms with van der Waals surface area (Å²) in [4.78, 5) is 11.4. The van der Waals surface area contributed by atoms with Gasteiger partial charge in [-0.2, -0.15) is 0 Å². The van der Waals surface area contributed by atoms with E-state index < -0.39 is 0 Å². The summed E-state index contributed by atoms with van der Waals surface area (Å²) < 4.78 is 5.10. The Morgan fingerprint density at radius 2 is 2.38 bits per heavy atom. The summed E-state index contributed by atoms with van der Waals surface area (Å²) in [5.41, 5.74) is 2.69. The summed E-state index contributed by atoms with van der Waals surface area (Å²) in [6, 6.07) is 0. The number of hydrogen-bond acceptors (Lipinski definition) is 3. The molecule has 0 spiro atoms. The van der Waals surface area contributed by atoms with Crippen LogP contribution in [0.5, 0.6) is 0 Å². The minimum absolute atomic E-state index is 0.0251. The quantitative estimate of drug-likeness (QED) is 0.579. The highest BCUT2D eigenvalue weighted by Crippen LogP contribution is 2.36. The molecule has 0 bridgehead atoms. The van der Waals surface area contributed by atoms with Crippen molar-refractivity contribution < 1.29 is 9.53 Å². The second-order valence-electron chi connectivity index (χ2n) is 4.43. The smallest absolute Gasteiger partial charge is 0.313 e. The Balaban J connectivity index is 2.04. The van der Waals surface area contributed by atoms with Gasteiger partial charge in [-0.1, -0.05) is 24.6 Å². The van der Waals surface area contributed by atoms with Crippen molar-refractivity contribution in [3.63, 3.8) is 0 Å². The molecule has 0 aromatic rings. The molecule has 1 fully saturated rings. The fourth-order valence-corrected chi connectivity index (χ4v) is 2.41. The van der Waals surface area contributed by atoms with Crippen molar-refractivity contribution in [3.05, 3.63) is 23.3 Å². The molecule has 2 atom stereocenters. The molecule has 88 valence electrons. The maximum absolute atomic E-state index is 11.4. The maximum Gasteiger partial charge on any atom is 0.313 e. The van der Waals surface area contributed by atoms with E-state index >= 15 is 0 Å². The first-order valence-electron chi connectivity index (χ1n) is 5.99. The summed E-state index contributed by atoms with van der Waals surface area (Å²) in [5, 5.41) is 3.32. The predicted molar refractivity (Wildman–Crippen MR) is 62.9 cm³/mol. The summed E-state index contributed by atoms with van der Waals surface area (Å²) in [6.45, 7) is 6.80. The van der Waals surface area contributed by atoms with E-state index in [0.717, 1.165) is 19.5 Å². The van der Waals surface area contributed by atoms with Crippen LogP contribution in [0.25, 0.3) is 0 Å². The van der Waals surface area contributed by atoms with Gasteiger partial charge in [0.05, 0.1) is 12.5 Å². The van der Waals surface area contributed by atoms with E-state index in [4.69, 9.17) is 4.74 Å². The molecule has 1 N–H and O–H groups in total. The van der Waals surface area contributed by atoms with Crippen LogP contribution in [0.1, 0.15) is 20.3 Å². The van der Waals surface area contributed by atoms with Crippen molar-refractivity contribution in [2.75, 3.05) is 19.7 Å². The Morgan fingerprint density at radius 1 is 1.56 bits per heavy atom. The third-order valence-corrected chi connectivity index (χ3v) is 3.50. The monoisotopic (exact) mass is 221 g/mol. The third kappa shape index (κ3) is 2.05. The Kier molecular flexibility index (Phi) is 3.44. The zero-order valence-corrected chi connectivity index (χ0v) is 9.95. The largest absolute Gasteiger partial charge is 0.465 e. The normalized spacial score (nSPS) is 28.2. The number of fused-ring (bicyclic) bond motifs is 1. The van der Waals surface area contributed by atoms with Gasteiger partial charge in [-0.25, -0.2) is 0 Å². The third-order valence-electron chi connectivity index (χ3n) is 3.50. The Labute approximate surface area is 96.6 Å². The van der Waals surface area contributed by atoms with Crippen LogP contribution in [0.2, 0.25) is 0 Å². The summed E-state index contributed by atoms with van der Waals surface area (Å²) in [6.07, 6.45) is 5.14. The van der Waals surface area contributed by atoms with Gasteiger partial charge in [-0.15, -0.1) is 0 Å². The van der Waals surface area contributed by atoms with E-state index in [9.17, 15) is 4.79 Å². The van der Waals surface area contributed by atoms with Gasteiger partial charge in [0.25, 0.3) is 0 Å². The van der Waals surface area contributed by atoms with E-state index in [1.807, 2.05) is 6.08 Å². The average Bonchev–Trinajstić information content (AvgIpc) is 2.65. The van der Waals surface area contributed by atoms with Gasteiger partial charge < -0.3 is 10.1 Å². The Hall–Kier alpha value is -1.09. The van der Waals surface area contributed by atoms with Gasteiger partial charge in [0, 0.05) is 5.92 Å². The molecule has 3 heteroatoms. The molecular weight excluding hydrogens is 202 g/mol. The molecule has 0 aromatic carbocycles. The molecule has 1 saturated heterocycles. The molecule has 3 nitrogen and oxygen atoms in total. The Morgan fingerprint density at radius 3 is 3.12 bits per heavy atom. The van der Waals surface area contributed by atoms with E-state index in [1.54, 1.807) is 0 Å². The number of ether oxygens (including phenoxy) is 1. The zero-order chi connectivity index (χ0) is 11.5. The molecule has 1 aliphatic heterocycles. The minimum atomic E-state index is -0.0636. The highest BCUT2D eigenvalue weighted by Gasteiger charge is 2.38. The van der Waals surface area contributed by atoms with Crippen LogP contribution in [0.4, 0.5) is 0 Å². The van der Waals surface area contributed by atoms with E-state index in [0.29, 0.717) is 6.61 Å². The van der Waals surface area contributed by atoms with E-state index in [2.05, 4.69) is 25.2 Å². The SMILES string of the molecule is CCNCCC1=C(C)C2COC(=O)C2C=C1. The van der Waals surface area contributed by atoms with Crippen LogP contribution in [0.15, 0.2) is 23.3 Å². The van der Waals surface area contributed by atoms with Gasteiger partial charge >= 0.3 is 5.97 Å². The van der Waals surface area contributed by atoms with E-state index in [-0.39, 0.29) is 17.8 Å². The summed E-state index contributed by atoms with van der Waals surface area (Å²) in [7, 11) is 0. The maximum atomic E-state index is 11.4. The van der Waals surface area contributed by atoms with Crippen molar-refractivity contribution in [2.45, 2.75) is 20.3 Å². The molecule has 2 aliphatic rings. The van der Waals surface area contributed by atoms with Crippen molar-refractivity contribution in [2.24, 2.45) is 11.8 Å². The van der Waals surface area contributed by atoms with Crippen molar-refractivity contribution in [1.29, 1.82) is 0 Å². The molecule has 2 unspecified atom stereocenters. The molecule has 1 heterocycles. The van der Waals surface area contributed by atoms with Crippen molar-refractivity contribution in [3.8, 4) is 0 Å². The second-order valence-corrected chi connectivity index (χ2v) is 4.43. The van der Waals surface area contributed by atoms with Gasteiger partial charge in [-0.05, 0) is 32.0 Å². The number of esters is 1. The zero-order valence-electron chi connectivity index (χ0n) is 9.95. The number of cyclic esters (lactones) is 1. The lowest BCUT2D eigenvalue weighted by atomic mass is 9.81. The summed E-state index contributed by atoms with van der Waals surface area (Å²) in [5.74, 6) is 0.198. The first-order chi connectivity index (χ1) is 7.74. The average molecular weight is 221 g/mol. The molecule has 0 amide bonds. The first kappa shape index (κ1) is 11.4. The van der Waals surface area contributed by atoms with Crippen LogP contribution in [-0.4, -0.2) is 25.7 Å². The number of carbonyl (C=O) groups is 1. The lowest BCUT2D eigenvalue weighted by Crippen LogP contribution is -2.20. The van der Waals surface area contributed by atoms with E-state index in [1.165, 1.54) is 11.1 Å². The van der Waals surface area contributed by atoms with Crippen LogP contribution >= 0.6 is 0 Å². The molecule has 16 heavy (non-hydrogen) atoms. The van der Waals surface area contributed by atoms with Crippen LogP contribution < -0.4 is 5.32 Å². The Bertz CT molecular complexity index is 344. The number of rotatable bonds is 4. The van der Waals surface area contributed by atoms with Gasteiger partial charge in [0.2, 0.25) is 0 Å². The molecule has 2 rings (SSSR count). The second kappa shape index (κ2) is 4.83. The van der Waals surface area contributed by atoms with Gasteiger partial charge in [0.1, 0.15) is 0 Å². The number of nitrogens with one attached hydrogen (secondary N) is 1. The fourth-order valence-electron chi connectivity index (χ4n) is 2.41. The first-order valence-corrected chi connectivity index (χ1v) is 5.99. The highest BCUT2D eigenvalue weighted by atomic mass is 16.5. The van der Waals surface area contributed by atoms with Gasteiger partial charge in [0.15, 0.2) is 0 Å². The van der Waals surface area contributed by atoms with Crippen LogP contribution in [0.3, 0.4) is 0 Å². The van der Waals surface area contributed by atoms with Crippen molar-refractivity contribution in [1.82, 2.24) is 5.32 Å². The minimum Gasteiger partial charge on any atom is -0.465 e. The van der Waals surface area contributed by atoms with Crippen LogP contribution in [0, 0.1) is 11.8 Å². The van der Waals surface area contributed by atoms with Crippen LogP contribution in [-0.2, 0) is 9.53 Å². The highest BCUT2D eigenvalue weighted by molar-refractivity contribution is 5.78.